The molecule has 120 valence electrons. The van der Waals surface area contributed by atoms with Crippen molar-refractivity contribution in [3.8, 4) is 0 Å². The van der Waals surface area contributed by atoms with Crippen molar-refractivity contribution in [3.05, 3.63) is 0 Å². The van der Waals surface area contributed by atoms with Crippen LogP contribution in [-0.2, 0) is 9.53 Å². The minimum atomic E-state index is 0.280. The van der Waals surface area contributed by atoms with Gasteiger partial charge in [0.25, 0.3) is 0 Å². The van der Waals surface area contributed by atoms with Gasteiger partial charge in [-0.2, -0.15) is 0 Å². The zero-order valence-corrected chi connectivity index (χ0v) is 13.4. The van der Waals surface area contributed by atoms with Crippen LogP contribution in [0.1, 0.15) is 38.5 Å². The van der Waals surface area contributed by atoms with Gasteiger partial charge in [-0.05, 0) is 57.0 Å². The van der Waals surface area contributed by atoms with Crippen molar-refractivity contribution in [2.45, 2.75) is 38.5 Å². The molecular formula is C17H30N2O2. The average Bonchev–Trinajstić information content (AvgIpc) is 2.52. The third-order valence-electron chi connectivity index (χ3n) is 5.71. The Kier molecular flexibility index (Phi) is 5.17. The van der Waals surface area contributed by atoms with Crippen LogP contribution in [-0.4, -0.2) is 62.1 Å². The van der Waals surface area contributed by atoms with E-state index in [1.54, 1.807) is 7.11 Å². The molecule has 21 heavy (non-hydrogen) atoms. The van der Waals surface area contributed by atoms with Crippen LogP contribution in [0.5, 0.6) is 0 Å². The molecule has 0 aromatic rings. The van der Waals surface area contributed by atoms with Crippen molar-refractivity contribution in [1.82, 2.24) is 9.80 Å². The van der Waals surface area contributed by atoms with Crippen LogP contribution < -0.4 is 0 Å². The number of carbonyl (C=O) groups is 1. The number of piperidine rings is 2. The van der Waals surface area contributed by atoms with Gasteiger partial charge in [0.15, 0.2) is 0 Å². The molecule has 2 bridgehead atoms. The fraction of sp³-hybridized carbons (Fsp3) is 0.941. The number of amides is 1. The van der Waals surface area contributed by atoms with Gasteiger partial charge in [0.2, 0.25) is 5.91 Å². The van der Waals surface area contributed by atoms with Gasteiger partial charge in [0.05, 0.1) is 6.61 Å². The Hall–Kier alpha value is -0.610. The Morgan fingerprint density at radius 3 is 2.38 bits per heavy atom. The van der Waals surface area contributed by atoms with Crippen molar-refractivity contribution in [2.75, 3.05) is 46.4 Å². The first-order chi connectivity index (χ1) is 10.3. The Morgan fingerprint density at radius 2 is 1.76 bits per heavy atom. The van der Waals surface area contributed by atoms with Gasteiger partial charge in [0, 0.05) is 32.7 Å². The largest absolute Gasteiger partial charge is 0.383 e. The molecule has 3 aliphatic rings. The Labute approximate surface area is 128 Å². The Balaban J connectivity index is 1.48. The van der Waals surface area contributed by atoms with Crippen LogP contribution in [0.3, 0.4) is 0 Å². The SMILES string of the molecule is COCCN1CCC(C(=O)N2CC3CCCC(C3)C2)CC1. The molecule has 0 radical (unpaired) electrons. The van der Waals surface area contributed by atoms with Crippen molar-refractivity contribution in [3.63, 3.8) is 0 Å². The number of likely N-dealkylation sites (tertiary alicyclic amines) is 2. The quantitative estimate of drug-likeness (QED) is 0.795. The van der Waals surface area contributed by atoms with E-state index in [1.165, 1.54) is 25.7 Å². The average molecular weight is 294 g/mol. The summed E-state index contributed by atoms with van der Waals surface area (Å²) in [6.45, 7) is 6.00. The van der Waals surface area contributed by atoms with Crippen LogP contribution in [0, 0.1) is 17.8 Å². The van der Waals surface area contributed by atoms with E-state index < -0.39 is 0 Å². The molecule has 1 amide bonds. The molecular weight excluding hydrogens is 264 g/mol. The van der Waals surface area contributed by atoms with Crippen LogP contribution >= 0.6 is 0 Å². The summed E-state index contributed by atoms with van der Waals surface area (Å²) in [5.74, 6) is 2.33. The number of carbonyl (C=O) groups excluding carboxylic acids is 1. The van der Waals surface area contributed by atoms with E-state index in [1.807, 2.05) is 0 Å². The summed E-state index contributed by atoms with van der Waals surface area (Å²) in [5, 5.41) is 0. The van der Waals surface area contributed by atoms with E-state index in [-0.39, 0.29) is 5.92 Å². The number of ether oxygens (including phenoxy) is 1. The summed E-state index contributed by atoms with van der Waals surface area (Å²) in [7, 11) is 1.75. The van der Waals surface area contributed by atoms with E-state index in [4.69, 9.17) is 4.74 Å². The maximum atomic E-state index is 12.8. The van der Waals surface area contributed by atoms with E-state index in [0.717, 1.165) is 64.0 Å². The Bertz CT molecular complexity index is 341. The highest BCUT2D eigenvalue weighted by Crippen LogP contribution is 2.35. The predicted molar refractivity (Wildman–Crippen MR) is 83.1 cm³/mol. The summed E-state index contributed by atoms with van der Waals surface area (Å²) >= 11 is 0. The molecule has 3 fully saturated rings. The molecule has 0 N–H and O–H groups in total. The molecule has 4 nitrogen and oxygen atoms in total. The molecule has 2 atom stereocenters. The van der Waals surface area contributed by atoms with Crippen molar-refractivity contribution in [2.24, 2.45) is 17.8 Å². The first-order valence-electron chi connectivity index (χ1n) is 8.76. The lowest BCUT2D eigenvalue weighted by Gasteiger charge is -2.43. The van der Waals surface area contributed by atoms with E-state index in [2.05, 4.69) is 9.80 Å². The number of methoxy groups -OCH3 is 1. The molecule has 0 aromatic heterocycles. The van der Waals surface area contributed by atoms with Crippen LogP contribution in [0.4, 0.5) is 0 Å². The topological polar surface area (TPSA) is 32.8 Å². The highest BCUT2D eigenvalue weighted by Gasteiger charge is 2.35. The molecule has 0 spiro atoms. The van der Waals surface area contributed by atoms with Gasteiger partial charge in [-0.1, -0.05) is 6.42 Å². The fourth-order valence-corrected chi connectivity index (χ4v) is 4.49. The zero-order valence-electron chi connectivity index (χ0n) is 13.4. The monoisotopic (exact) mass is 294 g/mol. The highest BCUT2D eigenvalue weighted by atomic mass is 16.5. The third kappa shape index (κ3) is 3.78. The highest BCUT2D eigenvalue weighted by molar-refractivity contribution is 5.79. The fourth-order valence-electron chi connectivity index (χ4n) is 4.49. The zero-order chi connectivity index (χ0) is 14.7. The normalized spacial score (nSPS) is 31.4. The molecule has 2 saturated heterocycles. The van der Waals surface area contributed by atoms with E-state index in [9.17, 15) is 4.79 Å². The summed E-state index contributed by atoms with van der Waals surface area (Å²) in [5.41, 5.74) is 0. The van der Waals surface area contributed by atoms with Crippen molar-refractivity contribution >= 4 is 5.91 Å². The maximum Gasteiger partial charge on any atom is 0.225 e. The molecule has 3 rings (SSSR count). The second-order valence-corrected chi connectivity index (χ2v) is 7.25. The first-order valence-corrected chi connectivity index (χ1v) is 8.76. The number of hydrogen-bond donors (Lipinski definition) is 0. The number of fused-ring (bicyclic) bond motifs is 2. The van der Waals surface area contributed by atoms with E-state index in [0.29, 0.717) is 5.91 Å². The van der Waals surface area contributed by atoms with Crippen LogP contribution in [0.25, 0.3) is 0 Å². The van der Waals surface area contributed by atoms with Gasteiger partial charge in [-0.25, -0.2) is 0 Å². The molecule has 1 aliphatic carbocycles. The maximum absolute atomic E-state index is 12.8. The molecule has 2 heterocycles. The van der Waals surface area contributed by atoms with Gasteiger partial charge in [-0.15, -0.1) is 0 Å². The molecule has 1 saturated carbocycles. The summed E-state index contributed by atoms with van der Waals surface area (Å²) in [6.07, 6.45) is 7.52. The second-order valence-electron chi connectivity index (χ2n) is 7.25. The van der Waals surface area contributed by atoms with Crippen LogP contribution in [0.2, 0.25) is 0 Å². The van der Waals surface area contributed by atoms with Gasteiger partial charge in [0.1, 0.15) is 0 Å². The number of rotatable bonds is 4. The van der Waals surface area contributed by atoms with E-state index >= 15 is 0 Å². The smallest absolute Gasteiger partial charge is 0.225 e. The van der Waals surface area contributed by atoms with Crippen LogP contribution in [0.15, 0.2) is 0 Å². The molecule has 2 unspecified atom stereocenters. The first kappa shape index (κ1) is 15.3. The summed E-state index contributed by atoms with van der Waals surface area (Å²) in [4.78, 5) is 17.4. The van der Waals surface area contributed by atoms with Crippen molar-refractivity contribution in [1.29, 1.82) is 0 Å². The summed E-state index contributed by atoms with van der Waals surface area (Å²) < 4.78 is 5.14. The predicted octanol–water partition coefficient (Wildman–Crippen LogP) is 1.99. The third-order valence-corrected chi connectivity index (χ3v) is 5.71. The molecule has 4 heteroatoms. The minimum absolute atomic E-state index is 0.280. The molecule has 0 aromatic carbocycles. The van der Waals surface area contributed by atoms with Gasteiger partial charge in [-0.3, -0.25) is 4.79 Å². The lowest BCUT2D eigenvalue weighted by atomic mass is 9.77. The van der Waals surface area contributed by atoms with Crippen molar-refractivity contribution < 1.29 is 9.53 Å². The lowest BCUT2D eigenvalue weighted by Crippen LogP contribution is -2.49. The minimum Gasteiger partial charge on any atom is -0.383 e. The molecule has 2 aliphatic heterocycles. The standard InChI is InChI=1S/C17H30N2O2/c1-21-10-9-18-7-5-16(6-8-18)17(20)19-12-14-3-2-4-15(11-14)13-19/h14-16H,2-13H2,1H3. The number of hydrogen-bond acceptors (Lipinski definition) is 3. The number of nitrogens with zero attached hydrogens (tertiary/aromatic N) is 2. The van der Waals surface area contributed by atoms with Gasteiger partial charge >= 0.3 is 0 Å². The van der Waals surface area contributed by atoms with Gasteiger partial charge < -0.3 is 14.5 Å². The summed E-state index contributed by atoms with van der Waals surface area (Å²) in [6, 6.07) is 0. The Morgan fingerprint density at radius 1 is 1.10 bits per heavy atom. The second kappa shape index (κ2) is 7.10. The lowest BCUT2D eigenvalue weighted by molar-refractivity contribution is -0.141.